The summed E-state index contributed by atoms with van der Waals surface area (Å²) in [5, 5.41) is 0. The van der Waals surface area contributed by atoms with Gasteiger partial charge in [-0.3, -0.25) is 4.99 Å². The van der Waals surface area contributed by atoms with Gasteiger partial charge in [0.25, 0.3) is 0 Å². The average molecular weight is 370 g/mol. The Balaban J connectivity index is 1.75. The van der Waals surface area contributed by atoms with E-state index in [0.29, 0.717) is 0 Å². The van der Waals surface area contributed by atoms with Crippen molar-refractivity contribution in [3.63, 3.8) is 0 Å². The molecule has 28 heavy (non-hydrogen) atoms. The van der Waals surface area contributed by atoms with Crippen molar-refractivity contribution in [2.45, 2.75) is 32.5 Å². The molecule has 3 heteroatoms. The number of anilines is 1. The number of aliphatic imine (C=N–C) groups is 1. The van der Waals surface area contributed by atoms with Gasteiger partial charge in [0, 0.05) is 5.69 Å². The Morgan fingerprint density at radius 3 is 2.18 bits per heavy atom. The van der Waals surface area contributed by atoms with Crippen LogP contribution in [0.25, 0.3) is 0 Å². The van der Waals surface area contributed by atoms with E-state index < -0.39 is 0 Å². The van der Waals surface area contributed by atoms with Gasteiger partial charge < -0.3 is 9.64 Å². The van der Waals surface area contributed by atoms with E-state index >= 15 is 0 Å². The van der Waals surface area contributed by atoms with Crippen LogP contribution in [0.15, 0.2) is 83.9 Å². The average Bonchev–Trinajstić information content (AvgIpc) is 3.11. The third kappa shape index (κ3) is 3.40. The van der Waals surface area contributed by atoms with Crippen LogP contribution >= 0.6 is 0 Å². The Kier molecular flexibility index (Phi) is 5.16. The molecule has 0 radical (unpaired) electrons. The summed E-state index contributed by atoms with van der Waals surface area (Å²) >= 11 is 0. The number of methoxy groups -OCH3 is 1. The molecule has 0 spiro atoms. The normalized spacial score (nSPS) is 18.8. The van der Waals surface area contributed by atoms with Gasteiger partial charge in [-0.2, -0.15) is 0 Å². The van der Waals surface area contributed by atoms with Crippen molar-refractivity contribution in [2.24, 2.45) is 4.99 Å². The van der Waals surface area contributed by atoms with Gasteiger partial charge in [-0.15, -0.1) is 0 Å². The van der Waals surface area contributed by atoms with E-state index in [-0.39, 0.29) is 12.2 Å². The SMILES string of the molecule is CCc1ccc(C2=NC(c3ccccc3)N(c3ccc(OC)cc3)C2C)cc1. The molecule has 3 nitrogen and oxygen atoms in total. The maximum Gasteiger partial charge on any atom is 0.148 e. The molecule has 0 fully saturated rings. The molecule has 0 saturated heterocycles. The first-order chi connectivity index (χ1) is 13.7. The first-order valence-corrected chi connectivity index (χ1v) is 9.85. The summed E-state index contributed by atoms with van der Waals surface area (Å²) in [6, 6.07) is 27.8. The lowest BCUT2D eigenvalue weighted by molar-refractivity contribution is 0.414. The fourth-order valence-electron chi connectivity index (χ4n) is 3.85. The van der Waals surface area contributed by atoms with Crippen LogP contribution in [0.3, 0.4) is 0 Å². The van der Waals surface area contributed by atoms with Crippen LogP contribution in [-0.2, 0) is 6.42 Å². The quantitative estimate of drug-likeness (QED) is 0.579. The van der Waals surface area contributed by atoms with Crippen molar-refractivity contribution in [2.75, 3.05) is 12.0 Å². The monoisotopic (exact) mass is 370 g/mol. The maximum absolute atomic E-state index is 5.34. The van der Waals surface area contributed by atoms with Gasteiger partial charge in [0.15, 0.2) is 0 Å². The number of ether oxygens (including phenoxy) is 1. The van der Waals surface area contributed by atoms with Crippen LogP contribution in [0, 0.1) is 0 Å². The number of nitrogens with zero attached hydrogens (tertiary/aromatic N) is 2. The van der Waals surface area contributed by atoms with E-state index in [9.17, 15) is 0 Å². The molecule has 0 N–H and O–H groups in total. The number of rotatable bonds is 5. The minimum atomic E-state index is -0.0366. The number of aryl methyl sites for hydroxylation is 1. The van der Waals surface area contributed by atoms with E-state index in [1.807, 2.05) is 18.2 Å². The molecule has 1 aliphatic rings. The van der Waals surface area contributed by atoms with Gasteiger partial charge in [-0.05, 0) is 54.3 Å². The number of benzene rings is 3. The van der Waals surface area contributed by atoms with Crippen LogP contribution in [-0.4, -0.2) is 18.9 Å². The van der Waals surface area contributed by atoms with E-state index in [2.05, 4.69) is 79.4 Å². The number of hydrogen-bond acceptors (Lipinski definition) is 3. The lowest BCUT2D eigenvalue weighted by Crippen LogP contribution is -2.35. The van der Waals surface area contributed by atoms with Crippen molar-refractivity contribution in [1.29, 1.82) is 0 Å². The van der Waals surface area contributed by atoms with Crippen LogP contribution in [0.5, 0.6) is 5.75 Å². The van der Waals surface area contributed by atoms with Gasteiger partial charge in [-0.1, -0.05) is 61.5 Å². The highest BCUT2D eigenvalue weighted by Gasteiger charge is 2.35. The predicted octanol–water partition coefficient (Wildman–Crippen LogP) is 5.65. The minimum Gasteiger partial charge on any atom is -0.497 e. The molecule has 0 bridgehead atoms. The third-order valence-electron chi connectivity index (χ3n) is 5.46. The zero-order valence-electron chi connectivity index (χ0n) is 16.7. The standard InChI is InChI=1S/C25H26N2O/c1-4-19-10-12-20(13-11-19)24-18(2)27(22-14-16-23(28-3)17-15-22)25(26-24)21-8-6-5-7-9-21/h5-18,25H,4H2,1-3H3. The molecule has 2 unspecified atom stereocenters. The minimum absolute atomic E-state index is 0.0366. The molecule has 3 aromatic rings. The third-order valence-corrected chi connectivity index (χ3v) is 5.46. The zero-order chi connectivity index (χ0) is 19.5. The smallest absolute Gasteiger partial charge is 0.148 e. The molecule has 1 aliphatic heterocycles. The zero-order valence-corrected chi connectivity index (χ0v) is 16.7. The first kappa shape index (κ1) is 18.3. The second-order valence-electron chi connectivity index (χ2n) is 7.13. The van der Waals surface area contributed by atoms with Crippen LogP contribution < -0.4 is 9.64 Å². The summed E-state index contributed by atoms with van der Waals surface area (Å²) in [5.41, 5.74) is 6.02. The summed E-state index contributed by atoms with van der Waals surface area (Å²) in [4.78, 5) is 7.56. The van der Waals surface area contributed by atoms with E-state index in [0.717, 1.165) is 23.6 Å². The van der Waals surface area contributed by atoms with Gasteiger partial charge in [0.2, 0.25) is 0 Å². The lowest BCUT2D eigenvalue weighted by atomic mass is 10.0. The summed E-state index contributed by atoms with van der Waals surface area (Å²) in [5.74, 6) is 0.864. The Labute approximate surface area is 167 Å². The Morgan fingerprint density at radius 2 is 1.57 bits per heavy atom. The fraction of sp³-hybridized carbons (Fsp3) is 0.240. The van der Waals surface area contributed by atoms with Crippen molar-refractivity contribution in [1.82, 2.24) is 0 Å². The fourth-order valence-corrected chi connectivity index (χ4v) is 3.85. The Morgan fingerprint density at radius 1 is 0.893 bits per heavy atom. The van der Waals surface area contributed by atoms with Gasteiger partial charge >= 0.3 is 0 Å². The van der Waals surface area contributed by atoms with E-state index in [1.54, 1.807) is 7.11 Å². The molecular formula is C25H26N2O. The molecule has 2 atom stereocenters. The summed E-state index contributed by atoms with van der Waals surface area (Å²) in [7, 11) is 1.70. The topological polar surface area (TPSA) is 24.8 Å². The predicted molar refractivity (Wildman–Crippen MR) is 116 cm³/mol. The lowest BCUT2D eigenvalue weighted by Gasteiger charge is -2.30. The largest absolute Gasteiger partial charge is 0.497 e. The first-order valence-electron chi connectivity index (χ1n) is 9.85. The molecule has 4 rings (SSSR count). The molecule has 0 amide bonds. The highest BCUT2D eigenvalue weighted by molar-refractivity contribution is 6.07. The maximum atomic E-state index is 5.34. The molecule has 142 valence electrons. The van der Waals surface area contributed by atoms with Gasteiger partial charge in [-0.25, -0.2) is 0 Å². The van der Waals surface area contributed by atoms with E-state index in [4.69, 9.17) is 9.73 Å². The van der Waals surface area contributed by atoms with Crippen LogP contribution in [0.2, 0.25) is 0 Å². The Bertz CT molecular complexity index is 946. The molecule has 0 saturated carbocycles. The number of hydrogen-bond donors (Lipinski definition) is 0. The van der Waals surface area contributed by atoms with E-state index in [1.165, 1.54) is 16.7 Å². The highest BCUT2D eigenvalue weighted by Crippen LogP contribution is 2.37. The van der Waals surface area contributed by atoms with Crippen LogP contribution in [0.4, 0.5) is 5.69 Å². The summed E-state index contributed by atoms with van der Waals surface area (Å²) < 4.78 is 5.34. The van der Waals surface area contributed by atoms with Gasteiger partial charge in [0.05, 0.1) is 18.9 Å². The van der Waals surface area contributed by atoms with Crippen molar-refractivity contribution in [3.8, 4) is 5.75 Å². The second kappa shape index (κ2) is 7.89. The molecule has 0 aromatic heterocycles. The molecule has 0 aliphatic carbocycles. The van der Waals surface area contributed by atoms with Crippen molar-refractivity contribution >= 4 is 11.4 Å². The second-order valence-corrected chi connectivity index (χ2v) is 7.13. The van der Waals surface area contributed by atoms with Gasteiger partial charge in [0.1, 0.15) is 11.9 Å². The van der Waals surface area contributed by atoms with Crippen molar-refractivity contribution in [3.05, 3.63) is 95.6 Å². The van der Waals surface area contributed by atoms with Crippen LogP contribution in [0.1, 0.15) is 36.7 Å². The molecular weight excluding hydrogens is 344 g/mol. The highest BCUT2D eigenvalue weighted by atomic mass is 16.5. The summed E-state index contributed by atoms with van der Waals surface area (Å²) in [6.07, 6.45) is 1.01. The molecule has 1 heterocycles. The Hall–Kier alpha value is -3.07. The summed E-state index contributed by atoms with van der Waals surface area (Å²) in [6.45, 7) is 4.42. The van der Waals surface area contributed by atoms with Crippen molar-refractivity contribution < 1.29 is 4.74 Å². The molecule has 3 aromatic carbocycles.